The zero-order valence-electron chi connectivity index (χ0n) is 16.8. The van der Waals surface area contributed by atoms with Crippen molar-refractivity contribution in [2.75, 3.05) is 25.6 Å². The Morgan fingerprint density at radius 1 is 1.15 bits per heavy atom. The summed E-state index contributed by atoms with van der Waals surface area (Å²) in [5, 5.41) is 4.90. The van der Waals surface area contributed by atoms with Crippen LogP contribution in [0, 0.1) is 0 Å². The fourth-order valence-electron chi connectivity index (χ4n) is 3.02. The van der Waals surface area contributed by atoms with E-state index in [0.29, 0.717) is 42.3 Å². The van der Waals surface area contributed by atoms with E-state index in [-0.39, 0.29) is 5.91 Å². The predicted molar refractivity (Wildman–Crippen MR) is 112 cm³/mol. The molecular formula is C21H30N2O3S. The summed E-state index contributed by atoms with van der Waals surface area (Å²) in [5.41, 5.74) is 0.705. The minimum absolute atomic E-state index is 0.0423. The van der Waals surface area contributed by atoms with Crippen LogP contribution >= 0.6 is 11.3 Å². The molecule has 1 aromatic heterocycles. The molecule has 0 fully saturated rings. The lowest BCUT2D eigenvalue weighted by Gasteiger charge is -2.30. The van der Waals surface area contributed by atoms with E-state index in [1.807, 2.05) is 35.7 Å². The third-order valence-corrected chi connectivity index (χ3v) is 5.17. The molecule has 27 heavy (non-hydrogen) atoms. The Balaban J connectivity index is 1.98. The highest BCUT2D eigenvalue weighted by atomic mass is 32.1. The van der Waals surface area contributed by atoms with Gasteiger partial charge in [0, 0.05) is 35.3 Å². The van der Waals surface area contributed by atoms with Gasteiger partial charge in [-0.25, -0.2) is 0 Å². The first-order valence-corrected chi connectivity index (χ1v) is 10.2. The fraction of sp³-hybridized carbons (Fsp3) is 0.476. The van der Waals surface area contributed by atoms with E-state index in [9.17, 15) is 4.79 Å². The molecule has 1 aromatic carbocycles. The van der Waals surface area contributed by atoms with Crippen molar-refractivity contribution in [2.45, 2.75) is 46.2 Å². The molecule has 0 aliphatic heterocycles. The number of ether oxygens (including phenoxy) is 2. The average Bonchev–Trinajstić information content (AvgIpc) is 3.11. The van der Waals surface area contributed by atoms with Crippen molar-refractivity contribution in [1.29, 1.82) is 0 Å². The lowest BCUT2D eigenvalue weighted by atomic mass is 10.2. The highest BCUT2D eigenvalue weighted by Gasteiger charge is 2.14. The second kappa shape index (κ2) is 10.3. The predicted octanol–water partition coefficient (Wildman–Crippen LogP) is 4.44. The van der Waals surface area contributed by atoms with E-state index in [4.69, 9.17) is 9.47 Å². The molecule has 148 valence electrons. The molecule has 1 N–H and O–H groups in total. The molecule has 0 saturated heterocycles. The number of methoxy groups -OCH3 is 1. The maximum Gasteiger partial charge on any atom is 0.229 e. The number of anilines is 1. The number of benzene rings is 1. The first-order valence-electron chi connectivity index (χ1n) is 9.29. The molecule has 0 atom stereocenters. The Kier molecular flexibility index (Phi) is 8.13. The fourth-order valence-corrected chi connectivity index (χ4v) is 3.72. The molecule has 6 heteroatoms. The molecule has 0 aliphatic carbocycles. The van der Waals surface area contributed by atoms with Crippen molar-refractivity contribution in [3.63, 3.8) is 0 Å². The van der Waals surface area contributed by atoms with Crippen LogP contribution in [0.2, 0.25) is 0 Å². The summed E-state index contributed by atoms with van der Waals surface area (Å²) < 4.78 is 11.4. The Morgan fingerprint density at radius 3 is 2.48 bits per heavy atom. The standard InChI is InChI=1S/C21H30N2O3S/c1-15(2)23(16(3)4)10-11-26-20-13-17(8-9-19(20)25-5)22-21(24)14-18-7-6-12-27-18/h6-9,12-13,15-16H,10-11,14H2,1-5H3,(H,22,24). The Morgan fingerprint density at radius 2 is 1.89 bits per heavy atom. The van der Waals surface area contributed by atoms with Gasteiger partial charge in [0.05, 0.1) is 13.5 Å². The summed E-state index contributed by atoms with van der Waals surface area (Å²) in [6.07, 6.45) is 0.373. The third kappa shape index (κ3) is 6.56. The van der Waals surface area contributed by atoms with Crippen molar-refractivity contribution in [3.8, 4) is 11.5 Å². The molecule has 2 rings (SSSR count). The van der Waals surface area contributed by atoms with Crippen molar-refractivity contribution in [2.24, 2.45) is 0 Å². The highest BCUT2D eigenvalue weighted by molar-refractivity contribution is 7.10. The quantitative estimate of drug-likeness (QED) is 0.652. The summed E-state index contributed by atoms with van der Waals surface area (Å²) in [6, 6.07) is 10.3. The molecule has 1 heterocycles. The lowest BCUT2D eigenvalue weighted by Crippen LogP contribution is -2.39. The lowest BCUT2D eigenvalue weighted by molar-refractivity contribution is -0.115. The van der Waals surface area contributed by atoms with Crippen LogP contribution in [0.15, 0.2) is 35.7 Å². The monoisotopic (exact) mass is 390 g/mol. The summed E-state index contributed by atoms with van der Waals surface area (Å²) in [6.45, 7) is 10.1. The second-order valence-corrected chi connectivity index (χ2v) is 7.98. The van der Waals surface area contributed by atoms with Crippen molar-refractivity contribution in [1.82, 2.24) is 4.90 Å². The second-order valence-electron chi connectivity index (χ2n) is 6.94. The molecule has 2 aromatic rings. The number of nitrogens with one attached hydrogen (secondary N) is 1. The van der Waals surface area contributed by atoms with Gasteiger partial charge in [-0.2, -0.15) is 0 Å². The molecule has 0 bridgehead atoms. The number of carbonyl (C=O) groups excluding carboxylic acids is 1. The van der Waals surface area contributed by atoms with Crippen LogP contribution < -0.4 is 14.8 Å². The Labute approximate surface area is 166 Å². The molecule has 0 radical (unpaired) electrons. The molecule has 0 aliphatic rings. The minimum atomic E-state index is -0.0423. The molecular weight excluding hydrogens is 360 g/mol. The molecule has 5 nitrogen and oxygen atoms in total. The number of amides is 1. The number of hydrogen-bond donors (Lipinski definition) is 1. The smallest absolute Gasteiger partial charge is 0.229 e. The number of rotatable bonds is 10. The van der Waals surface area contributed by atoms with Gasteiger partial charge in [0.15, 0.2) is 11.5 Å². The number of carbonyl (C=O) groups is 1. The SMILES string of the molecule is COc1ccc(NC(=O)Cc2cccs2)cc1OCCN(C(C)C)C(C)C. The summed E-state index contributed by atoms with van der Waals surface area (Å²) >= 11 is 1.58. The molecule has 0 unspecified atom stereocenters. The summed E-state index contributed by atoms with van der Waals surface area (Å²) in [7, 11) is 1.62. The van der Waals surface area contributed by atoms with Gasteiger partial charge in [-0.15, -0.1) is 11.3 Å². The summed E-state index contributed by atoms with van der Waals surface area (Å²) in [5.74, 6) is 1.25. The van der Waals surface area contributed by atoms with Gasteiger partial charge in [0.1, 0.15) is 6.61 Å². The first kappa shape index (κ1) is 21.3. The van der Waals surface area contributed by atoms with E-state index in [2.05, 4.69) is 37.9 Å². The van der Waals surface area contributed by atoms with Crippen LogP contribution in [-0.4, -0.2) is 43.2 Å². The van der Waals surface area contributed by atoms with Gasteiger partial charge in [0.2, 0.25) is 5.91 Å². The highest BCUT2D eigenvalue weighted by Crippen LogP contribution is 2.30. The molecule has 1 amide bonds. The van der Waals surface area contributed by atoms with Gasteiger partial charge >= 0.3 is 0 Å². The number of hydrogen-bond acceptors (Lipinski definition) is 5. The van der Waals surface area contributed by atoms with Crippen molar-refractivity contribution in [3.05, 3.63) is 40.6 Å². The van der Waals surface area contributed by atoms with E-state index >= 15 is 0 Å². The van der Waals surface area contributed by atoms with Crippen LogP contribution in [0.1, 0.15) is 32.6 Å². The van der Waals surface area contributed by atoms with Crippen molar-refractivity contribution < 1.29 is 14.3 Å². The van der Waals surface area contributed by atoms with E-state index in [1.54, 1.807) is 18.4 Å². The van der Waals surface area contributed by atoms with Crippen LogP contribution in [0.3, 0.4) is 0 Å². The van der Waals surface area contributed by atoms with Crippen LogP contribution in [0.25, 0.3) is 0 Å². The third-order valence-electron chi connectivity index (χ3n) is 4.30. The number of thiophene rings is 1. The van der Waals surface area contributed by atoms with E-state index in [1.165, 1.54) is 0 Å². The van der Waals surface area contributed by atoms with Crippen LogP contribution in [-0.2, 0) is 11.2 Å². The molecule has 0 spiro atoms. The van der Waals surface area contributed by atoms with Gasteiger partial charge < -0.3 is 14.8 Å². The average molecular weight is 391 g/mol. The maximum atomic E-state index is 12.2. The van der Waals surface area contributed by atoms with E-state index in [0.717, 1.165) is 11.4 Å². The zero-order valence-corrected chi connectivity index (χ0v) is 17.6. The summed E-state index contributed by atoms with van der Waals surface area (Å²) in [4.78, 5) is 15.6. The Hall–Kier alpha value is -2.05. The van der Waals surface area contributed by atoms with Crippen molar-refractivity contribution >= 4 is 22.9 Å². The topological polar surface area (TPSA) is 50.8 Å². The zero-order chi connectivity index (χ0) is 19.8. The van der Waals surface area contributed by atoms with Gasteiger partial charge in [0.25, 0.3) is 0 Å². The van der Waals surface area contributed by atoms with Crippen LogP contribution in [0.4, 0.5) is 5.69 Å². The van der Waals surface area contributed by atoms with Crippen LogP contribution in [0.5, 0.6) is 11.5 Å². The minimum Gasteiger partial charge on any atom is -0.493 e. The largest absolute Gasteiger partial charge is 0.493 e. The van der Waals surface area contributed by atoms with Gasteiger partial charge in [-0.1, -0.05) is 6.07 Å². The normalized spacial score (nSPS) is 11.3. The first-order chi connectivity index (χ1) is 12.9. The molecule has 0 saturated carbocycles. The Bertz CT molecular complexity index is 706. The van der Waals surface area contributed by atoms with Gasteiger partial charge in [-0.3, -0.25) is 9.69 Å². The number of nitrogens with zero attached hydrogens (tertiary/aromatic N) is 1. The maximum absolute atomic E-state index is 12.2. The van der Waals surface area contributed by atoms with E-state index < -0.39 is 0 Å². The van der Waals surface area contributed by atoms with Gasteiger partial charge in [-0.05, 0) is 51.3 Å².